The zero-order chi connectivity index (χ0) is 13.5. The molecule has 0 radical (unpaired) electrons. The van der Waals surface area contributed by atoms with Crippen molar-refractivity contribution in [1.29, 1.82) is 0 Å². The Morgan fingerprint density at radius 2 is 2.33 bits per heavy atom. The highest BCUT2D eigenvalue weighted by atomic mass is 16.2. The van der Waals surface area contributed by atoms with E-state index in [0.29, 0.717) is 0 Å². The van der Waals surface area contributed by atoms with E-state index in [1.165, 1.54) is 13.2 Å². The zero-order valence-electron chi connectivity index (χ0n) is 10.5. The van der Waals surface area contributed by atoms with Gasteiger partial charge in [0.15, 0.2) is 0 Å². The van der Waals surface area contributed by atoms with Gasteiger partial charge in [0.25, 0.3) is 0 Å². The fraction of sp³-hybridized carbons (Fsp3) is 0.231. The molecule has 0 unspecified atom stereocenters. The molecule has 1 aliphatic rings. The van der Waals surface area contributed by atoms with E-state index < -0.39 is 18.1 Å². The smallest absolute Gasteiger partial charge is 0.330 e. The van der Waals surface area contributed by atoms with Gasteiger partial charge in [-0.2, -0.15) is 0 Å². The van der Waals surface area contributed by atoms with Crippen LogP contribution < -0.4 is 10.6 Å². The molecule has 2 N–H and O–H groups in total. The molecule has 0 aromatic heterocycles. The molecule has 0 saturated heterocycles. The first-order valence-electron chi connectivity index (χ1n) is 5.59. The second kappa shape index (κ2) is 6.44. The van der Waals surface area contributed by atoms with Gasteiger partial charge in [-0.25, -0.2) is 14.5 Å². The summed E-state index contributed by atoms with van der Waals surface area (Å²) in [7, 11) is 1.49. The summed E-state index contributed by atoms with van der Waals surface area (Å²) in [6.07, 6.45) is 10.4. The molecular formula is C13H17N3O2. The number of rotatable bonds is 3. The summed E-state index contributed by atoms with van der Waals surface area (Å²) in [6.45, 7) is 5.45. The van der Waals surface area contributed by atoms with Crippen molar-refractivity contribution in [2.75, 3.05) is 7.05 Å². The maximum atomic E-state index is 11.7. The van der Waals surface area contributed by atoms with Gasteiger partial charge in [-0.05, 0) is 18.6 Å². The molecule has 5 heteroatoms. The second-order valence-corrected chi connectivity index (χ2v) is 3.56. The quantitative estimate of drug-likeness (QED) is 0.748. The third-order valence-corrected chi connectivity index (χ3v) is 2.51. The number of hydrogen-bond donors (Lipinski definition) is 2. The van der Waals surface area contributed by atoms with Gasteiger partial charge in [0.05, 0.1) is 6.04 Å². The standard InChI is InChI=1S/C13H17N3O2/c1-4-6-7-10(5-2)11-8-9-15-13(18)16(11)12(17)14-3/h4-9,11H,1H2,2-3H3,(H,14,17)(H,15,18)/b7-6-,10-5+/t11-/m1/s1. The van der Waals surface area contributed by atoms with Gasteiger partial charge >= 0.3 is 12.1 Å². The first-order chi connectivity index (χ1) is 8.65. The van der Waals surface area contributed by atoms with E-state index in [-0.39, 0.29) is 0 Å². The van der Waals surface area contributed by atoms with E-state index in [4.69, 9.17) is 0 Å². The van der Waals surface area contributed by atoms with Crippen LogP contribution in [0.5, 0.6) is 0 Å². The van der Waals surface area contributed by atoms with E-state index >= 15 is 0 Å². The molecule has 18 heavy (non-hydrogen) atoms. The second-order valence-electron chi connectivity index (χ2n) is 3.56. The maximum Gasteiger partial charge on any atom is 0.330 e. The SMILES string of the molecule is C=C/C=C\C(=C/C)[C@H]1C=CNC(=O)N1C(=O)NC. The molecule has 5 nitrogen and oxygen atoms in total. The van der Waals surface area contributed by atoms with Crippen molar-refractivity contribution >= 4 is 12.1 Å². The average molecular weight is 247 g/mol. The highest BCUT2D eigenvalue weighted by Crippen LogP contribution is 2.17. The van der Waals surface area contributed by atoms with Gasteiger partial charge in [-0.3, -0.25) is 0 Å². The molecule has 1 rings (SSSR count). The largest absolute Gasteiger partial charge is 0.341 e. The van der Waals surface area contributed by atoms with Crippen molar-refractivity contribution in [1.82, 2.24) is 15.5 Å². The molecule has 4 amide bonds. The Hall–Kier alpha value is -2.30. The van der Waals surface area contributed by atoms with Crippen LogP contribution in [0.1, 0.15) is 6.92 Å². The fourth-order valence-electron chi connectivity index (χ4n) is 1.64. The van der Waals surface area contributed by atoms with Crippen molar-refractivity contribution in [3.63, 3.8) is 0 Å². The van der Waals surface area contributed by atoms with Crippen LogP contribution in [0.3, 0.4) is 0 Å². The summed E-state index contributed by atoms with van der Waals surface area (Å²) < 4.78 is 0. The van der Waals surface area contributed by atoms with Gasteiger partial charge < -0.3 is 10.6 Å². The molecule has 0 saturated carbocycles. The minimum absolute atomic E-state index is 0.417. The summed E-state index contributed by atoms with van der Waals surface area (Å²) in [6, 6.07) is -1.32. The van der Waals surface area contributed by atoms with Crippen LogP contribution in [0.25, 0.3) is 0 Å². The Morgan fingerprint density at radius 3 is 2.89 bits per heavy atom. The summed E-state index contributed by atoms with van der Waals surface area (Å²) in [5.41, 5.74) is 0.838. The van der Waals surface area contributed by atoms with Gasteiger partial charge in [0, 0.05) is 13.2 Å². The van der Waals surface area contributed by atoms with E-state index in [1.807, 2.05) is 19.1 Å². The number of nitrogens with one attached hydrogen (secondary N) is 2. The van der Waals surface area contributed by atoms with Crippen LogP contribution in [-0.2, 0) is 0 Å². The molecule has 96 valence electrons. The third-order valence-electron chi connectivity index (χ3n) is 2.51. The van der Waals surface area contributed by atoms with E-state index in [0.717, 1.165) is 10.5 Å². The number of imide groups is 1. The lowest BCUT2D eigenvalue weighted by atomic mass is 10.0. The van der Waals surface area contributed by atoms with Crippen LogP contribution in [-0.4, -0.2) is 30.1 Å². The highest BCUT2D eigenvalue weighted by molar-refractivity contribution is 5.95. The van der Waals surface area contributed by atoms with Crippen LogP contribution in [0.4, 0.5) is 9.59 Å². The van der Waals surface area contributed by atoms with Crippen molar-refractivity contribution < 1.29 is 9.59 Å². The summed E-state index contributed by atoms with van der Waals surface area (Å²) in [4.78, 5) is 24.6. The average Bonchev–Trinajstić information content (AvgIpc) is 2.39. The Balaban J connectivity index is 3.09. The maximum absolute atomic E-state index is 11.7. The molecule has 0 bridgehead atoms. The van der Waals surface area contributed by atoms with Gasteiger partial charge in [-0.1, -0.05) is 30.9 Å². The van der Waals surface area contributed by atoms with Crippen molar-refractivity contribution in [2.24, 2.45) is 0 Å². The molecule has 0 aromatic rings. The zero-order valence-corrected chi connectivity index (χ0v) is 10.5. The van der Waals surface area contributed by atoms with Crippen molar-refractivity contribution in [3.8, 4) is 0 Å². The van der Waals surface area contributed by atoms with Crippen molar-refractivity contribution in [2.45, 2.75) is 13.0 Å². The van der Waals surface area contributed by atoms with Crippen molar-refractivity contribution in [3.05, 3.63) is 48.7 Å². The lowest BCUT2D eigenvalue weighted by Gasteiger charge is -2.31. The van der Waals surface area contributed by atoms with Crippen LogP contribution >= 0.6 is 0 Å². The molecule has 1 heterocycles. The Bertz CT molecular complexity index is 436. The molecule has 0 fully saturated rings. The summed E-state index contributed by atoms with van der Waals surface area (Å²) in [5.74, 6) is 0. The fourth-order valence-corrected chi connectivity index (χ4v) is 1.64. The number of carbonyl (C=O) groups is 2. The number of hydrogen-bond acceptors (Lipinski definition) is 2. The number of carbonyl (C=O) groups excluding carboxylic acids is 2. The summed E-state index contributed by atoms with van der Waals surface area (Å²) in [5, 5.41) is 4.94. The molecule has 1 aliphatic heterocycles. The lowest BCUT2D eigenvalue weighted by molar-refractivity contribution is 0.182. The van der Waals surface area contributed by atoms with Crippen LogP contribution in [0, 0.1) is 0 Å². The molecule has 0 spiro atoms. The monoisotopic (exact) mass is 247 g/mol. The molecular weight excluding hydrogens is 230 g/mol. The number of nitrogens with zero attached hydrogens (tertiary/aromatic N) is 1. The third kappa shape index (κ3) is 2.88. The first-order valence-corrected chi connectivity index (χ1v) is 5.59. The summed E-state index contributed by atoms with van der Waals surface area (Å²) >= 11 is 0. The molecule has 1 atom stereocenters. The van der Waals surface area contributed by atoms with Gasteiger partial charge in [0.2, 0.25) is 0 Å². The van der Waals surface area contributed by atoms with Crippen LogP contribution in [0.2, 0.25) is 0 Å². The Morgan fingerprint density at radius 1 is 1.61 bits per heavy atom. The molecule has 0 aromatic carbocycles. The number of amides is 4. The number of urea groups is 2. The van der Waals surface area contributed by atoms with E-state index in [2.05, 4.69) is 17.2 Å². The van der Waals surface area contributed by atoms with E-state index in [1.54, 1.807) is 18.2 Å². The van der Waals surface area contributed by atoms with Gasteiger partial charge in [0.1, 0.15) is 0 Å². The van der Waals surface area contributed by atoms with Gasteiger partial charge in [-0.15, -0.1) is 0 Å². The predicted octanol–water partition coefficient (Wildman–Crippen LogP) is 1.92. The van der Waals surface area contributed by atoms with Crippen LogP contribution in [0.15, 0.2) is 48.7 Å². The first kappa shape index (κ1) is 13.8. The predicted molar refractivity (Wildman–Crippen MR) is 70.8 cm³/mol. The minimum Gasteiger partial charge on any atom is -0.341 e. The number of allylic oxidation sites excluding steroid dienone is 3. The van der Waals surface area contributed by atoms with E-state index in [9.17, 15) is 9.59 Å². The molecule has 0 aliphatic carbocycles. The topological polar surface area (TPSA) is 61.4 Å². The minimum atomic E-state index is -0.451. The Labute approximate surface area is 107 Å². The normalized spacial score (nSPS) is 19.9. The highest BCUT2D eigenvalue weighted by Gasteiger charge is 2.31. The Kier molecular flexibility index (Phi) is 4.92. The lowest BCUT2D eigenvalue weighted by Crippen LogP contribution is -2.53.